The molecule has 7 heteroatoms. The van der Waals surface area contributed by atoms with E-state index in [0.29, 0.717) is 18.5 Å². The molecule has 1 aliphatic heterocycles. The number of carbonyl (C=O) groups is 1. The van der Waals surface area contributed by atoms with Crippen molar-refractivity contribution in [1.82, 2.24) is 15.1 Å². The number of nitrogens with one attached hydrogen (secondary N) is 1. The molecule has 0 bridgehead atoms. The van der Waals surface area contributed by atoms with Gasteiger partial charge in [-0.05, 0) is 13.0 Å². The Hall–Kier alpha value is -1.73. The van der Waals surface area contributed by atoms with Gasteiger partial charge in [0.05, 0.1) is 0 Å². The SMILES string of the molecule is CC(C)[C@@H](CNC(=O)c1c(O)cc(F)cc1F)N1CCN(C)CC1. The molecule has 0 radical (unpaired) electrons. The van der Waals surface area contributed by atoms with Crippen molar-refractivity contribution >= 4 is 5.91 Å². The van der Waals surface area contributed by atoms with Gasteiger partial charge in [0.15, 0.2) is 0 Å². The molecular formula is C17H25F2N3O2. The maximum Gasteiger partial charge on any atom is 0.258 e. The second-order valence-corrected chi connectivity index (χ2v) is 6.64. The Kier molecular flexibility index (Phi) is 6.12. The van der Waals surface area contributed by atoms with E-state index >= 15 is 0 Å². The highest BCUT2D eigenvalue weighted by Crippen LogP contribution is 2.22. The number of carbonyl (C=O) groups excluding carboxylic acids is 1. The highest BCUT2D eigenvalue weighted by atomic mass is 19.1. The Morgan fingerprint density at radius 3 is 2.42 bits per heavy atom. The summed E-state index contributed by atoms with van der Waals surface area (Å²) in [5, 5.41) is 12.3. The van der Waals surface area contributed by atoms with E-state index in [2.05, 4.69) is 36.0 Å². The molecule has 24 heavy (non-hydrogen) atoms. The molecule has 0 aromatic heterocycles. The lowest BCUT2D eigenvalue weighted by atomic mass is 10.0. The van der Waals surface area contributed by atoms with E-state index in [1.807, 2.05) is 0 Å². The number of hydrogen-bond donors (Lipinski definition) is 2. The Morgan fingerprint density at radius 1 is 1.25 bits per heavy atom. The molecule has 2 rings (SSSR count). The molecular weight excluding hydrogens is 316 g/mol. The number of hydrogen-bond acceptors (Lipinski definition) is 4. The lowest BCUT2D eigenvalue weighted by molar-refractivity contribution is 0.0787. The summed E-state index contributed by atoms with van der Waals surface area (Å²) in [7, 11) is 2.07. The zero-order valence-electron chi connectivity index (χ0n) is 14.4. The normalized spacial score (nSPS) is 17.9. The summed E-state index contributed by atoms with van der Waals surface area (Å²) in [6, 6.07) is 1.45. The summed E-state index contributed by atoms with van der Waals surface area (Å²) in [5.74, 6) is -3.10. The van der Waals surface area contributed by atoms with Crippen LogP contribution in [0.2, 0.25) is 0 Å². The van der Waals surface area contributed by atoms with Crippen LogP contribution < -0.4 is 5.32 Å². The van der Waals surface area contributed by atoms with E-state index in [-0.39, 0.29) is 6.04 Å². The molecule has 1 heterocycles. The van der Waals surface area contributed by atoms with Crippen molar-refractivity contribution in [1.29, 1.82) is 0 Å². The van der Waals surface area contributed by atoms with Crippen molar-refractivity contribution in [3.8, 4) is 5.75 Å². The summed E-state index contributed by atoms with van der Waals surface area (Å²) >= 11 is 0. The second kappa shape index (κ2) is 7.90. The summed E-state index contributed by atoms with van der Waals surface area (Å²) in [5.41, 5.74) is -0.516. The standard InChI is InChI=1S/C17H25F2N3O2/c1-11(2)14(22-6-4-21(3)5-7-22)10-20-17(24)16-13(19)8-12(18)9-15(16)23/h8-9,11,14,23H,4-7,10H2,1-3H3,(H,20,24)/t14-/m1/s1. The maximum absolute atomic E-state index is 13.8. The zero-order valence-corrected chi connectivity index (χ0v) is 14.4. The number of rotatable bonds is 5. The quantitative estimate of drug-likeness (QED) is 0.855. The summed E-state index contributed by atoms with van der Waals surface area (Å²) in [6.45, 7) is 8.23. The Morgan fingerprint density at radius 2 is 1.88 bits per heavy atom. The van der Waals surface area contributed by atoms with Crippen LogP contribution in [-0.2, 0) is 0 Å². The van der Waals surface area contributed by atoms with Crippen LogP contribution in [0.15, 0.2) is 12.1 Å². The van der Waals surface area contributed by atoms with Crippen LogP contribution >= 0.6 is 0 Å². The van der Waals surface area contributed by atoms with E-state index in [9.17, 15) is 18.7 Å². The average molecular weight is 341 g/mol. The summed E-state index contributed by atoms with van der Waals surface area (Å²) in [6.07, 6.45) is 0. The Bertz CT molecular complexity index is 564. The number of phenolic OH excluding ortho intramolecular Hbond substituents is 1. The average Bonchev–Trinajstić information content (AvgIpc) is 2.47. The molecule has 1 saturated heterocycles. The van der Waals surface area contributed by atoms with E-state index in [1.165, 1.54) is 0 Å². The minimum absolute atomic E-state index is 0.119. The van der Waals surface area contributed by atoms with Crippen LogP contribution in [0, 0.1) is 17.6 Å². The van der Waals surface area contributed by atoms with Crippen LogP contribution in [0.4, 0.5) is 8.78 Å². The van der Waals surface area contributed by atoms with E-state index in [1.54, 1.807) is 0 Å². The van der Waals surface area contributed by atoms with Crippen molar-refractivity contribution in [3.05, 3.63) is 29.3 Å². The molecule has 5 nitrogen and oxygen atoms in total. The molecule has 1 aliphatic rings. The third kappa shape index (κ3) is 4.42. The van der Waals surface area contributed by atoms with E-state index < -0.39 is 28.9 Å². The van der Waals surface area contributed by atoms with Gasteiger partial charge >= 0.3 is 0 Å². The fourth-order valence-corrected chi connectivity index (χ4v) is 3.01. The molecule has 1 fully saturated rings. The Balaban J connectivity index is 2.03. The highest BCUT2D eigenvalue weighted by Gasteiger charge is 2.26. The van der Waals surface area contributed by atoms with Gasteiger partial charge in [-0.15, -0.1) is 0 Å². The molecule has 134 valence electrons. The molecule has 1 atom stereocenters. The molecule has 1 aromatic carbocycles. The van der Waals surface area contributed by atoms with Crippen LogP contribution in [0.25, 0.3) is 0 Å². The zero-order chi connectivity index (χ0) is 17.9. The summed E-state index contributed by atoms with van der Waals surface area (Å²) in [4.78, 5) is 16.8. The highest BCUT2D eigenvalue weighted by molar-refractivity contribution is 5.97. The van der Waals surface area contributed by atoms with Gasteiger partial charge in [0.1, 0.15) is 22.9 Å². The molecule has 0 aliphatic carbocycles. The number of piperazine rings is 1. The van der Waals surface area contributed by atoms with Crippen molar-refractivity contribution in [3.63, 3.8) is 0 Å². The molecule has 0 spiro atoms. The molecule has 1 aromatic rings. The second-order valence-electron chi connectivity index (χ2n) is 6.64. The minimum Gasteiger partial charge on any atom is -0.507 e. The van der Waals surface area contributed by atoms with Crippen LogP contribution in [0.3, 0.4) is 0 Å². The fraction of sp³-hybridized carbons (Fsp3) is 0.588. The minimum atomic E-state index is -1.06. The number of nitrogens with zero attached hydrogens (tertiary/aromatic N) is 2. The molecule has 0 unspecified atom stereocenters. The first kappa shape index (κ1) is 18.6. The van der Waals surface area contributed by atoms with Crippen molar-refractivity contribution < 1.29 is 18.7 Å². The van der Waals surface area contributed by atoms with Crippen LogP contribution in [0.1, 0.15) is 24.2 Å². The number of phenols is 1. The van der Waals surface area contributed by atoms with Gasteiger partial charge < -0.3 is 15.3 Å². The topological polar surface area (TPSA) is 55.8 Å². The van der Waals surface area contributed by atoms with Gasteiger partial charge in [-0.1, -0.05) is 13.8 Å². The van der Waals surface area contributed by atoms with E-state index in [4.69, 9.17) is 0 Å². The fourth-order valence-electron chi connectivity index (χ4n) is 3.01. The van der Waals surface area contributed by atoms with Gasteiger partial charge in [-0.2, -0.15) is 0 Å². The van der Waals surface area contributed by atoms with Crippen LogP contribution in [-0.4, -0.2) is 66.6 Å². The Labute approximate surface area is 141 Å². The van der Waals surface area contributed by atoms with Gasteiger partial charge in [-0.3, -0.25) is 9.69 Å². The van der Waals surface area contributed by atoms with Gasteiger partial charge in [0.25, 0.3) is 5.91 Å². The lowest BCUT2D eigenvalue weighted by Gasteiger charge is -2.39. The van der Waals surface area contributed by atoms with Crippen molar-refractivity contribution in [2.45, 2.75) is 19.9 Å². The lowest BCUT2D eigenvalue weighted by Crippen LogP contribution is -2.54. The van der Waals surface area contributed by atoms with E-state index in [0.717, 1.165) is 32.2 Å². The monoisotopic (exact) mass is 341 g/mol. The smallest absolute Gasteiger partial charge is 0.258 e. The number of amides is 1. The first-order valence-corrected chi connectivity index (χ1v) is 8.18. The van der Waals surface area contributed by atoms with Crippen molar-refractivity contribution in [2.24, 2.45) is 5.92 Å². The largest absolute Gasteiger partial charge is 0.507 e. The predicted octanol–water partition coefficient (Wildman–Crippen LogP) is 1.67. The van der Waals surface area contributed by atoms with Crippen molar-refractivity contribution in [2.75, 3.05) is 39.8 Å². The summed E-state index contributed by atoms with van der Waals surface area (Å²) < 4.78 is 26.8. The molecule has 0 saturated carbocycles. The third-order valence-electron chi connectivity index (χ3n) is 4.51. The first-order valence-electron chi connectivity index (χ1n) is 8.18. The third-order valence-corrected chi connectivity index (χ3v) is 4.51. The maximum atomic E-state index is 13.8. The number of halogens is 2. The number of benzene rings is 1. The van der Waals surface area contributed by atoms with Crippen LogP contribution in [0.5, 0.6) is 5.75 Å². The van der Waals surface area contributed by atoms with Gasteiger partial charge in [-0.25, -0.2) is 8.78 Å². The van der Waals surface area contributed by atoms with Gasteiger partial charge in [0.2, 0.25) is 0 Å². The molecule has 2 N–H and O–H groups in total. The number of likely N-dealkylation sites (N-methyl/N-ethyl adjacent to an activating group) is 1. The number of aromatic hydroxyl groups is 1. The van der Waals surface area contributed by atoms with Gasteiger partial charge in [0, 0.05) is 50.9 Å². The first-order chi connectivity index (χ1) is 11.3. The molecule has 1 amide bonds. The predicted molar refractivity (Wildman–Crippen MR) is 88.1 cm³/mol.